The fourth-order valence-corrected chi connectivity index (χ4v) is 2.89. The Hall–Kier alpha value is -3.20. The smallest absolute Gasteiger partial charge is 0.153 e. The molecule has 0 amide bonds. The molecule has 0 aliphatic carbocycles. The fraction of sp³-hybridized carbons (Fsp3) is 0.0909. The van der Waals surface area contributed by atoms with Crippen LogP contribution in [0.25, 0.3) is 22.3 Å². The Bertz CT molecular complexity index is 966. The molecule has 0 fully saturated rings. The fourth-order valence-electron chi connectivity index (χ4n) is 2.89. The Morgan fingerprint density at radius 2 is 1.24 bits per heavy atom. The number of nitrogens with zero attached hydrogens (tertiary/aromatic N) is 2. The average molecular weight is 325 g/mol. The number of hydrogen-bond acceptors (Lipinski definition) is 3. The van der Waals surface area contributed by atoms with Crippen molar-refractivity contribution in [1.29, 1.82) is 0 Å². The Balaban J connectivity index is 1.66. The highest BCUT2D eigenvalue weighted by Crippen LogP contribution is 2.26. The summed E-state index contributed by atoms with van der Waals surface area (Å²) in [6.07, 6.45) is 0.948. The number of benzene rings is 3. The van der Waals surface area contributed by atoms with Crippen molar-refractivity contribution in [3.8, 4) is 11.3 Å². The van der Waals surface area contributed by atoms with Crippen LogP contribution in [0.1, 0.15) is 5.56 Å². The lowest BCUT2D eigenvalue weighted by Crippen LogP contribution is -2.08. The van der Waals surface area contributed by atoms with Gasteiger partial charge in [-0.15, -0.1) is 0 Å². The van der Waals surface area contributed by atoms with Crippen molar-refractivity contribution >= 4 is 16.9 Å². The molecule has 0 saturated carbocycles. The van der Waals surface area contributed by atoms with Crippen molar-refractivity contribution in [2.45, 2.75) is 6.42 Å². The van der Waals surface area contributed by atoms with Gasteiger partial charge in [-0.05, 0) is 24.1 Å². The maximum Gasteiger partial charge on any atom is 0.153 e. The molecule has 0 bridgehead atoms. The van der Waals surface area contributed by atoms with E-state index in [1.807, 2.05) is 48.5 Å². The molecule has 25 heavy (non-hydrogen) atoms. The lowest BCUT2D eigenvalue weighted by atomic mass is 10.1. The maximum atomic E-state index is 4.85. The molecule has 4 aromatic rings. The summed E-state index contributed by atoms with van der Waals surface area (Å²) in [5.74, 6) is 0.834. The van der Waals surface area contributed by atoms with Crippen LogP contribution in [0.3, 0.4) is 0 Å². The van der Waals surface area contributed by atoms with Gasteiger partial charge in [0.1, 0.15) is 5.69 Å². The van der Waals surface area contributed by atoms with Gasteiger partial charge >= 0.3 is 0 Å². The van der Waals surface area contributed by atoms with Gasteiger partial charge in [0.15, 0.2) is 5.82 Å². The zero-order valence-corrected chi connectivity index (χ0v) is 13.9. The first kappa shape index (κ1) is 15.3. The van der Waals surface area contributed by atoms with Gasteiger partial charge in [0.05, 0.1) is 11.0 Å². The molecule has 0 saturated heterocycles. The van der Waals surface area contributed by atoms with E-state index in [0.717, 1.165) is 41.1 Å². The van der Waals surface area contributed by atoms with Gasteiger partial charge in [-0.2, -0.15) is 0 Å². The van der Waals surface area contributed by atoms with Crippen LogP contribution >= 0.6 is 0 Å². The number of hydrogen-bond donors (Lipinski definition) is 1. The predicted molar refractivity (Wildman–Crippen MR) is 104 cm³/mol. The summed E-state index contributed by atoms with van der Waals surface area (Å²) in [4.78, 5) is 9.66. The van der Waals surface area contributed by atoms with Gasteiger partial charge in [-0.25, -0.2) is 9.97 Å². The number of anilines is 1. The lowest BCUT2D eigenvalue weighted by molar-refractivity contribution is 1.01. The second-order valence-electron chi connectivity index (χ2n) is 5.94. The third-order valence-corrected chi connectivity index (χ3v) is 4.17. The first-order valence-corrected chi connectivity index (χ1v) is 8.50. The van der Waals surface area contributed by atoms with Crippen LogP contribution in [0.5, 0.6) is 0 Å². The van der Waals surface area contributed by atoms with Crippen LogP contribution < -0.4 is 5.32 Å². The van der Waals surface area contributed by atoms with E-state index in [0.29, 0.717) is 0 Å². The third kappa shape index (κ3) is 3.50. The summed E-state index contributed by atoms with van der Waals surface area (Å²) in [5, 5.41) is 3.48. The molecule has 0 aliphatic heterocycles. The second kappa shape index (κ2) is 7.14. The van der Waals surface area contributed by atoms with E-state index in [1.54, 1.807) is 0 Å². The minimum absolute atomic E-state index is 0.816. The number of para-hydroxylation sites is 2. The summed E-state index contributed by atoms with van der Waals surface area (Å²) in [6.45, 7) is 0.816. The number of nitrogens with one attached hydrogen (secondary N) is 1. The van der Waals surface area contributed by atoms with Crippen LogP contribution in [-0.4, -0.2) is 16.5 Å². The van der Waals surface area contributed by atoms with Crippen LogP contribution in [0.2, 0.25) is 0 Å². The normalized spacial score (nSPS) is 10.7. The molecule has 0 aliphatic rings. The first-order chi connectivity index (χ1) is 12.4. The Labute approximate surface area is 147 Å². The molecule has 1 aromatic heterocycles. The highest BCUT2D eigenvalue weighted by molar-refractivity contribution is 5.83. The molecule has 122 valence electrons. The molecule has 4 rings (SSSR count). The van der Waals surface area contributed by atoms with Crippen molar-refractivity contribution in [2.24, 2.45) is 0 Å². The number of fused-ring (bicyclic) bond motifs is 1. The summed E-state index contributed by atoms with van der Waals surface area (Å²) >= 11 is 0. The summed E-state index contributed by atoms with van der Waals surface area (Å²) in [7, 11) is 0. The van der Waals surface area contributed by atoms with Gasteiger partial charge in [-0.1, -0.05) is 72.8 Å². The largest absolute Gasteiger partial charge is 0.368 e. The molecule has 1 heterocycles. The van der Waals surface area contributed by atoms with E-state index in [4.69, 9.17) is 9.97 Å². The van der Waals surface area contributed by atoms with Gasteiger partial charge in [0.25, 0.3) is 0 Å². The molecular weight excluding hydrogens is 306 g/mol. The van der Waals surface area contributed by atoms with E-state index >= 15 is 0 Å². The molecule has 1 N–H and O–H groups in total. The first-order valence-electron chi connectivity index (χ1n) is 8.50. The van der Waals surface area contributed by atoms with Crippen molar-refractivity contribution in [3.63, 3.8) is 0 Å². The van der Waals surface area contributed by atoms with Crippen LogP contribution in [0.15, 0.2) is 84.9 Å². The zero-order chi connectivity index (χ0) is 16.9. The van der Waals surface area contributed by atoms with Crippen molar-refractivity contribution in [1.82, 2.24) is 9.97 Å². The van der Waals surface area contributed by atoms with E-state index in [1.165, 1.54) is 5.56 Å². The molecule has 0 radical (unpaired) electrons. The highest BCUT2D eigenvalue weighted by atomic mass is 15.0. The van der Waals surface area contributed by atoms with Gasteiger partial charge in [0.2, 0.25) is 0 Å². The Morgan fingerprint density at radius 1 is 0.640 bits per heavy atom. The molecule has 0 atom stereocenters. The third-order valence-electron chi connectivity index (χ3n) is 4.17. The minimum atomic E-state index is 0.816. The van der Waals surface area contributed by atoms with Crippen molar-refractivity contribution in [2.75, 3.05) is 11.9 Å². The standard InChI is InChI=1S/C22H19N3/c1-3-9-17(10-4-1)15-16-23-22-21(18-11-5-2-6-12-18)24-19-13-7-8-14-20(19)25-22/h1-14H,15-16H2,(H,23,25). The van der Waals surface area contributed by atoms with Crippen molar-refractivity contribution < 1.29 is 0 Å². The molecule has 3 heteroatoms. The molecule has 0 unspecified atom stereocenters. The molecule has 3 aromatic carbocycles. The van der Waals surface area contributed by atoms with Gasteiger partial charge in [-0.3, -0.25) is 0 Å². The minimum Gasteiger partial charge on any atom is -0.368 e. The molecular formula is C22H19N3. The topological polar surface area (TPSA) is 37.8 Å². The van der Waals surface area contributed by atoms with Crippen LogP contribution in [-0.2, 0) is 6.42 Å². The molecule has 3 nitrogen and oxygen atoms in total. The second-order valence-corrected chi connectivity index (χ2v) is 5.94. The maximum absolute atomic E-state index is 4.85. The Morgan fingerprint density at radius 3 is 1.96 bits per heavy atom. The summed E-state index contributed by atoms with van der Waals surface area (Å²) in [6, 6.07) is 28.7. The quantitative estimate of drug-likeness (QED) is 0.564. The Kier molecular flexibility index (Phi) is 4.38. The highest BCUT2D eigenvalue weighted by Gasteiger charge is 2.10. The molecule has 0 spiro atoms. The van der Waals surface area contributed by atoms with E-state index < -0.39 is 0 Å². The van der Waals surface area contributed by atoms with Crippen LogP contribution in [0.4, 0.5) is 5.82 Å². The monoisotopic (exact) mass is 325 g/mol. The number of aromatic nitrogens is 2. The van der Waals surface area contributed by atoms with Crippen LogP contribution in [0, 0.1) is 0 Å². The zero-order valence-electron chi connectivity index (χ0n) is 13.9. The van der Waals surface area contributed by atoms with E-state index in [9.17, 15) is 0 Å². The average Bonchev–Trinajstić information content (AvgIpc) is 2.69. The van der Waals surface area contributed by atoms with E-state index in [-0.39, 0.29) is 0 Å². The lowest BCUT2D eigenvalue weighted by Gasteiger charge is -2.12. The summed E-state index contributed by atoms with van der Waals surface area (Å²) < 4.78 is 0. The SMILES string of the molecule is c1ccc(CCNc2nc3ccccc3nc2-c2ccccc2)cc1. The predicted octanol–water partition coefficient (Wildman–Crippen LogP) is 4.95. The van der Waals surface area contributed by atoms with E-state index in [2.05, 4.69) is 41.7 Å². The number of rotatable bonds is 5. The van der Waals surface area contributed by atoms with Crippen molar-refractivity contribution in [3.05, 3.63) is 90.5 Å². The summed E-state index contributed by atoms with van der Waals surface area (Å²) in [5.41, 5.74) is 5.10. The van der Waals surface area contributed by atoms with Gasteiger partial charge < -0.3 is 5.32 Å². The van der Waals surface area contributed by atoms with Gasteiger partial charge in [0, 0.05) is 12.1 Å².